The zero-order chi connectivity index (χ0) is 18.9. The van der Waals surface area contributed by atoms with Gasteiger partial charge in [0.05, 0.1) is 28.0 Å². The first-order valence-electron chi connectivity index (χ1n) is 7.48. The number of halogens is 4. The van der Waals surface area contributed by atoms with Gasteiger partial charge in [-0.05, 0) is 42.8 Å². The molecule has 4 nitrogen and oxygen atoms in total. The summed E-state index contributed by atoms with van der Waals surface area (Å²) < 4.78 is 39.2. The van der Waals surface area contributed by atoms with Gasteiger partial charge in [-0.2, -0.15) is 13.2 Å². The summed E-state index contributed by atoms with van der Waals surface area (Å²) in [5.74, 6) is -0.655. The molecule has 0 aliphatic heterocycles. The van der Waals surface area contributed by atoms with E-state index in [2.05, 4.69) is 15.3 Å². The number of amides is 1. The molecule has 3 aromatic rings. The van der Waals surface area contributed by atoms with E-state index in [0.29, 0.717) is 5.16 Å². The number of nitrogens with zero attached hydrogens (tertiary/aromatic N) is 1. The monoisotopic (exact) mass is 399 g/mol. The highest BCUT2D eigenvalue weighted by molar-refractivity contribution is 7.99. The number of carbonyl (C=O) groups excluding carboxylic acids is 1. The van der Waals surface area contributed by atoms with Crippen LogP contribution in [-0.2, 0) is 11.0 Å². The quantitative estimate of drug-likeness (QED) is 0.587. The molecule has 1 aromatic heterocycles. The number of benzene rings is 2. The number of aryl methyl sites for hydroxylation is 1. The molecule has 0 radical (unpaired) electrons. The average molecular weight is 400 g/mol. The Labute approximate surface area is 156 Å². The summed E-state index contributed by atoms with van der Waals surface area (Å²) in [6.45, 7) is 1.95. The predicted octanol–water partition coefficient (Wildman–Crippen LogP) is 5.27. The summed E-state index contributed by atoms with van der Waals surface area (Å²) in [4.78, 5) is 19.4. The third kappa shape index (κ3) is 4.31. The van der Waals surface area contributed by atoms with Crippen LogP contribution in [0.25, 0.3) is 11.0 Å². The molecule has 0 unspecified atom stereocenters. The van der Waals surface area contributed by atoms with E-state index in [0.717, 1.165) is 40.5 Å². The highest BCUT2D eigenvalue weighted by Crippen LogP contribution is 2.36. The molecule has 1 amide bonds. The third-order valence-electron chi connectivity index (χ3n) is 3.52. The molecule has 26 heavy (non-hydrogen) atoms. The largest absolute Gasteiger partial charge is 0.418 e. The molecular weight excluding hydrogens is 387 g/mol. The molecule has 0 bridgehead atoms. The normalized spacial score (nSPS) is 11.7. The van der Waals surface area contributed by atoms with E-state index in [-0.39, 0.29) is 16.5 Å². The van der Waals surface area contributed by atoms with Gasteiger partial charge in [-0.25, -0.2) is 4.98 Å². The van der Waals surface area contributed by atoms with Gasteiger partial charge >= 0.3 is 6.18 Å². The molecule has 2 N–H and O–H groups in total. The second kappa shape index (κ2) is 7.20. The Morgan fingerprint density at radius 3 is 2.77 bits per heavy atom. The third-order valence-corrected chi connectivity index (χ3v) is 4.63. The first-order valence-corrected chi connectivity index (χ1v) is 8.84. The number of hydrogen-bond donors (Lipinski definition) is 2. The molecular formula is C17H13ClF3N3OS. The van der Waals surface area contributed by atoms with Gasteiger partial charge in [0.1, 0.15) is 0 Å². The van der Waals surface area contributed by atoms with Crippen LogP contribution < -0.4 is 5.32 Å². The highest BCUT2D eigenvalue weighted by atomic mass is 35.5. The van der Waals surface area contributed by atoms with Crippen LogP contribution in [0.4, 0.5) is 18.9 Å². The van der Waals surface area contributed by atoms with Crippen LogP contribution in [0.1, 0.15) is 11.1 Å². The van der Waals surface area contributed by atoms with Gasteiger partial charge in [0.25, 0.3) is 0 Å². The van der Waals surface area contributed by atoms with E-state index in [9.17, 15) is 18.0 Å². The molecule has 136 valence electrons. The molecule has 0 saturated heterocycles. The van der Waals surface area contributed by atoms with Gasteiger partial charge in [0.15, 0.2) is 5.16 Å². The van der Waals surface area contributed by atoms with Gasteiger partial charge in [0, 0.05) is 5.02 Å². The smallest absolute Gasteiger partial charge is 0.333 e. The minimum Gasteiger partial charge on any atom is -0.333 e. The van der Waals surface area contributed by atoms with Crippen LogP contribution in [-0.4, -0.2) is 21.6 Å². The van der Waals surface area contributed by atoms with Crippen molar-refractivity contribution in [3.8, 4) is 0 Å². The number of anilines is 1. The number of hydrogen-bond acceptors (Lipinski definition) is 3. The van der Waals surface area contributed by atoms with Crippen molar-refractivity contribution in [3.05, 3.63) is 52.5 Å². The maximum atomic E-state index is 13.1. The summed E-state index contributed by atoms with van der Waals surface area (Å²) in [5, 5.41) is 2.75. The second-order valence-electron chi connectivity index (χ2n) is 5.59. The fourth-order valence-corrected chi connectivity index (χ4v) is 3.21. The Kier molecular flexibility index (Phi) is 5.15. The molecule has 0 fully saturated rings. The van der Waals surface area contributed by atoms with E-state index in [1.807, 2.05) is 25.1 Å². The van der Waals surface area contributed by atoms with Gasteiger partial charge in [0.2, 0.25) is 5.91 Å². The first kappa shape index (κ1) is 18.6. The Morgan fingerprint density at radius 2 is 2.04 bits per heavy atom. The number of nitrogens with one attached hydrogen (secondary N) is 2. The maximum Gasteiger partial charge on any atom is 0.418 e. The molecule has 0 saturated carbocycles. The van der Waals surface area contributed by atoms with E-state index in [1.54, 1.807) is 0 Å². The second-order valence-corrected chi connectivity index (χ2v) is 6.99. The minimum atomic E-state index is -4.61. The van der Waals surface area contributed by atoms with Crippen molar-refractivity contribution < 1.29 is 18.0 Å². The average Bonchev–Trinajstić information content (AvgIpc) is 2.95. The van der Waals surface area contributed by atoms with Crippen molar-refractivity contribution in [2.45, 2.75) is 18.3 Å². The molecule has 0 atom stereocenters. The highest BCUT2D eigenvalue weighted by Gasteiger charge is 2.34. The lowest BCUT2D eigenvalue weighted by molar-refractivity contribution is -0.137. The number of thioether (sulfide) groups is 1. The molecule has 0 spiro atoms. The van der Waals surface area contributed by atoms with Crippen molar-refractivity contribution in [1.82, 2.24) is 9.97 Å². The number of imidazole rings is 1. The topological polar surface area (TPSA) is 57.8 Å². The Bertz CT molecular complexity index is 972. The lowest BCUT2D eigenvalue weighted by atomic mass is 10.1. The SMILES string of the molecule is Cc1ccc2nc(SCC(=O)Nc3ccc(Cl)cc3C(F)(F)F)[nH]c2c1. The number of alkyl halides is 3. The van der Waals surface area contributed by atoms with Crippen LogP contribution in [0.3, 0.4) is 0 Å². The molecule has 2 aromatic carbocycles. The maximum absolute atomic E-state index is 13.1. The number of aromatic amines is 1. The van der Waals surface area contributed by atoms with Crippen molar-refractivity contribution in [1.29, 1.82) is 0 Å². The van der Waals surface area contributed by atoms with Gasteiger partial charge in [-0.15, -0.1) is 0 Å². The van der Waals surface area contributed by atoms with Crippen LogP contribution in [0, 0.1) is 6.92 Å². The Morgan fingerprint density at radius 1 is 1.27 bits per heavy atom. The van der Waals surface area contributed by atoms with E-state index in [4.69, 9.17) is 11.6 Å². The fraction of sp³-hybridized carbons (Fsp3) is 0.176. The predicted molar refractivity (Wildman–Crippen MR) is 96.6 cm³/mol. The summed E-state index contributed by atoms with van der Waals surface area (Å²) in [6, 6.07) is 8.92. The summed E-state index contributed by atoms with van der Waals surface area (Å²) in [6.07, 6.45) is -4.61. The fourth-order valence-electron chi connectivity index (χ4n) is 2.35. The molecule has 0 aliphatic carbocycles. The number of aromatic nitrogens is 2. The number of H-pyrrole nitrogens is 1. The zero-order valence-electron chi connectivity index (χ0n) is 13.4. The standard InChI is InChI=1S/C17H13ClF3N3OS/c1-9-2-4-13-14(6-9)24-16(23-13)26-8-15(25)22-12-5-3-10(18)7-11(12)17(19,20)21/h2-7H,8H2,1H3,(H,22,25)(H,23,24). The Balaban J connectivity index is 1.69. The lowest BCUT2D eigenvalue weighted by Crippen LogP contribution is -2.18. The van der Waals surface area contributed by atoms with Crippen LogP contribution >= 0.6 is 23.4 Å². The van der Waals surface area contributed by atoms with Crippen LogP contribution in [0.5, 0.6) is 0 Å². The summed E-state index contributed by atoms with van der Waals surface area (Å²) >= 11 is 6.73. The number of rotatable bonds is 4. The Hall–Kier alpha value is -2.19. The van der Waals surface area contributed by atoms with Crippen molar-refractivity contribution in [3.63, 3.8) is 0 Å². The number of fused-ring (bicyclic) bond motifs is 1. The molecule has 3 rings (SSSR count). The number of carbonyl (C=O) groups is 1. The summed E-state index contributed by atoms with van der Waals surface area (Å²) in [7, 11) is 0. The first-order chi connectivity index (χ1) is 12.2. The zero-order valence-corrected chi connectivity index (χ0v) is 15.0. The molecule has 0 aliphatic rings. The van der Waals surface area contributed by atoms with Crippen molar-refractivity contribution in [2.24, 2.45) is 0 Å². The van der Waals surface area contributed by atoms with Crippen LogP contribution in [0.15, 0.2) is 41.6 Å². The van der Waals surface area contributed by atoms with E-state index < -0.39 is 17.6 Å². The van der Waals surface area contributed by atoms with Crippen LogP contribution in [0.2, 0.25) is 5.02 Å². The van der Waals surface area contributed by atoms with Gasteiger partial charge < -0.3 is 10.3 Å². The van der Waals surface area contributed by atoms with Crippen molar-refractivity contribution in [2.75, 3.05) is 11.1 Å². The van der Waals surface area contributed by atoms with Gasteiger partial charge in [-0.1, -0.05) is 29.4 Å². The van der Waals surface area contributed by atoms with Gasteiger partial charge in [-0.3, -0.25) is 4.79 Å². The molecule has 9 heteroatoms. The molecule has 1 heterocycles. The lowest BCUT2D eigenvalue weighted by Gasteiger charge is -2.13. The summed E-state index contributed by atoms with van der Waals surface area (Å²) in [5.41, 5.74) is 1.36. The van der Waals surface area contributed by atoms with E-state index in [1.165, 1.54) is 6.07 Å². The van der Waals surface area contributed by atoms with E-state index >= 15 is 0 Å². The van der Waals surface area contributed by atoms with Crippen molar-refractivity contribution >= 4 is 46.0 Å². The minimum absolute atomic E-state index is 0.0535.